The lowest BCUT2D eigenvalue weighted by atomic mass is 10.1. The second-order valence-electron chi connectivity index (χ2n) is 5.07. The molecule has 0 aliphatic heterocycles. The minimum Gasteiger partial charge on any atom is -0.350 e. The summed E-state index contributed by atoms with van der Waals surface area (Å²) in [5, 5.41) is 14.2. The van der Waals surface area contributed by atoms with Gasteiger partial charge in [-0.2, -0.15) is 5.26 Å². The van der Waals surface area contributed by atoms with E-state index in [1.54, 1.807) is 36.4 Å². The third-order valence-corrected chi connectivity index (χ3v) is 3.29. The van der Waals surface area contributed by atoms with Gasteiger partial charge in [0.2, 0.25) is 11.8 Å². The van der Waals surface area contributed by atoms with Crippen molar-refractivity contribution in [3.63, 3.8) is 0 Å². The third-order valence-electron chi connectivity index (χ3n) is 3.29. The highest BCUT2D eigenvalue weighted by Crippen LogP contribution is 2.13. The van der Waals surface area contributed by atoms with Gasteiger partial charge in [0.25, 0.3) is 0 Å². The summed E-state index contributed by atoms with van der Waals surface area (Å²) in [6.45, 7) is 1.71. The molecule has 2 aromatic rings. The van der Waals surface area contributed by atoms with Crippen LogP contribution in [0.4, 0.5) is 0 Å². The zero-order valence-electron chi connectivity index (χ0n) is 12.7. The first-order valence-corrected chi connectivity index (χ1v) is 7.19. The van der Waals surface area contributed by atoms with Crippen LogP contribution in [-0.2, 0) is 16.1 Å². The van der Waals surface area contributed by atoms with Crippen LogP contribution < -0.4 is 10.6 Å². The quantitative estimate of drug-likeness (QED) is 0.887. The first kappa shape index (κ1) is 16.2. The molecule has 0 aromatic heterocycles. The molecule has 0 aliphatic rings. The second-order valence-corrected chi connectivity index (χ2v) is 5.07. The molecular weight excluding hydrogens is 290 g/mol. The molecule has 0 aliphatic carbocycles. The fraction of sp³-hybridized carbons (Fsp3) is 0.167. The van der Waals surface area contributed by atoms with E-state index in [1.807, 2.05) is 24.3 Å². The molecular formula is C18H17N3O2. The molecule has 23 heavy (non-hydrogen) atoms. The Bertz CT molecular complexity index is 718. The fourth-order valence-corrected chi connectivity index (χ4v) is 2.14. The summed E-state index contributed by atoms with van der Waals surface area (Å²) in [6, 6.07) is 17.4. The minimum atomic E-state index is -0.730. The van der Waals surface area contributed by atoms with Crippen molar-refractivity contribution in [2.24, 2.45) is 0 Å². The Morgan fingerprint density at radius 1 is 1.09 bits per heavy atom. The molecule has 0 spiro atoms. The Kier molecular flexibility index (Phi) is 5.48. The van der Waals surface area contributed by atoms with Crippen molar-refractivity contribution in [1.29, 1.82) is 5.26 Å². The lowest BCUT2D eigenvalue weighted by Gasteiger charge is -2.18. The molecule has 5 nitrogen and oxygen atoms in total. The van der Waals surface area contributed by atoms with E-state index in [2.05, 4.69) is 10.6 Å². The smallest absolute Gasteiger partial charge is 0.247 e. The number of nitriles is 1. The van der Waals surface area contributed by atoms with Crippen LogP contribution in [0.3, 0.4) is 0 Å². The number of benzene rings is 2. The summed E-state index contributed by atoms with van der Waals surface area (Å²) in [7, 11) is 0. The molecule has 2 N–H and O–H groups in total. The Morgan fingerprint density at radius 2 is 1.74 bits per heavy atom. The van der Waals surface area contributed by atoms with Crippen LogP contribution in [-0.4, -0.2) is 11.8 Å². The first-order chi connectivity index (χ1) is 11.1. The van der Waals surface area contributed by atoms with Crippen molar-refractivity contribution >= 4 is 11.8 Å². The van der Waals surface area contributed by atoms with Crippen molar-refractivity contribution in [3.8, 4) is 6.07 Å². The van der Waals surface area contributed by atoms with Crippen LogP contribution in [0, 0.1) is 11.3 Å². The van der Waals surface area contributed by atoms with Crippen LogP contribution in [0.15, 0.2) is 54.6 Å². The maximum atomic E-state index is 12.4. The summed E-state index contributed by atoms with van der Waals surface area (Å²) in [5.41, 5.74) is 2.17. The zero-order chi connectivity index (χ0) is 16.7. The van der Waals surface area contributed by atoms with Gasteiger partial charge in [0.05, 0.1) is 11.6 Å². The van der Waals surface area contributed by atoms with Crippen LogP contribution in [0.2, 0.25) is 0 Å². The van der Waals surface area contributed by atoms with E-state index < -0.39 is 6.04 Å². The number of amides is 2. The summed E-state index contributed by atoms with van der Waals surface area (Å²) in [6.07, 6.45) is 0. The van der Waals surface area contributed by atoms with Crippen LogP contribution in [0.1, 0.15) is 29.7 Å². The molecule has 0 saturated heterocycles. The Balaban J connectivity index is 2.05. The molecule has 2 aromatic carbocycles. The average Bonchev–Trinajstić information content (AvgIpc) is 2.58. The van der Waals surface area contributed by atoms with E-state index >= 15 is 0 Å². The van der Waals surface area contributed by atoms with E-state index in [0.29, 0.717) is 12.1 Å². The Morgan fingerprint density at radius 3 is 2.30 bits per heavy atom. The van der Waals surface area contributed by atoms with Crippen molar-refractivity contribution < 1.29 is 9.59 Å². The Labute approximate surface area is 134 Å². The van der Waals surface area contributed by atoms with Gasteiger partial charge >= 0.3 is 0 Å². The normalized spacial score (nSPS) is 11.1. The molecule has 0 bridgehead atoms. The molecule has 2 amide bonds. The number of carbonyl (C=O) groups excluding carboxylic acids is 2. The van der Waals surface area contributed by atoms with Gasteiger partial charge in [0.1, 0.15) is 6.04 Å². The summed E-state index contributed by atoms with van der Waals surface area (Å²) in [5.74, 6) is -0.553. The first-order valence-electron chi connectivity index (χ1n) is 7.19. The van der Waals surface area contributed by atoms with Gasteiger partial charge in [0.15, 0.2) is 0 Å². The van der Waals surface area contributed by atoms with Crippen molar-refractivity contribution in [1.82, 2.24) is 10.6 Å². The monoisotopic (exact) mass is 307 g/mol. The van der Waals surface area contributed by atoms with Crippen molar-refractivity contribution in [3.05, 3.63) is 71.3 Å². The molecule has 5 heteroatoms. The predicted octanol–water partition coefficient (Wildman–Crippen LogP) is 2.05. The zero-order valence-corrected chi connectivity index (χ0v) is 12.7. The van der Waals surface area contributed by atoms with Crippen molar-refractivity contribution in [2.75, 3.05) is 0 Å². The largest absolute Gasteiger partial charge is 0.350 e. The van der Waals surface area contributed by atoms with Crippen LogP contribution in [0.5, 0.6) is 0 Å². The fourth-order valence-electron chi connectivity index (χ4n) is 2.14. The van der Waals surface area contributed by atoms with Gasteiger partial charge in [0, 0.05) is 13.5 Å². The van der Waals surface area contributed by atoms with Gasteiger partial charge in [-0.25, -0.2) is 0 Å². The number of nitrogens with zero attached hydrogens (tertiary/aromatic N) is 1. The highest BCUT2D eigenvalue weighted by Gasteiger charge is 2.20. The highest BCUT2D eigenvalue weighted by atomic mass is 16.2. The molecule has 1 unspecified atom stereocenters. The average molecular weight is 307 g/mol. The van der Waals surface area contributed by atoms with E-state index in [4.69, 9.17) is 5.26 Å². The highest BCUT2D eigenvalue weighted by molar-refractivity contribution is 5.87. The summed E-state index contributed by atoms with van der Waals surface area (Å²) in [4.78, 5) is 23.8. The van der Waals surface area contributed by atoms with Gasteiger partial charge in [-0.05, 0) is 23.3 Å². The van der Waals surface area contributed by atoms with Gasteiger partial charge in [-0.1, -0.05) is 42.5 Å². The van der Waals surface area contributed by atoms with Crippen LogP contribution >= 0.6 is 0 Å². The molecule has 116 valence electrons. The predicted molar refractivity (Wildman–Crippen MR) is 86.0 cm³/mol. The maximum absolute atomic E-state index is 12.4. The second kappa shape index (κ2) is 7.76. The minimum absolute atomic E-state index is 0.271. The topological polar surface area (TPSA) is 82.0 Å². The van der Waals surface area contributed by atoms with Gasteiger partial charge in [-0.3, -0.25) is 9.59 Å². The molecule has 0 fully saturated rings. The molecule has 1 atom stereocenters. The number of rotatable bonds is 5. The molecule has 0 radical (unpaired) electrons. The maximum Gasteiger partial charge on any atom is 0.247 e. The lowest BCUT2D eigenvalue weighted by Crippen LogP contribution is -2.39. The SMILES string of the molecule is CC(=O)NC(C(=O)NCc1ccc(C#N)cc1)c1ccccc1. The lowest BCUT2D eigenvalue weighted by molar-refractivity contribution is -0.128. The number of hydrogen-bond donors (Lipinski definition) is 2. The summed E-state index contributed by atoms with van der Waals surface area (Å²) < 4.78 is 0. The standard InChI is InChI=1S/C18H17N3O2/c1-13(22)21-17(16-5-3-2-4-6-16)18(23)20-12-15-9-7-14(11-19)8-10-15/h2-10,17H,12H2,1H3,(H,20,23)(H,21,22). The van der Waals surface area contributed by atoms with Crippen LogP contribution in [0.25, 0.3) is 0 Å². The van der Waals surface area contributed by atoms with E-state index in [1.165, 1.54) is 6.92 Å². The van der Waals surface area contributed by atoms with E-state index in [-0.39, 0.29) is 11.8 Å². The third kappa shape index (κ3) is 4.68. The molecule has 2 rings (SSSR count). The molecule has 0 saturated carbocycles. The van der Waals surface area contributed by atoms with Gasteiger partial charge < -0.3 is 10.6 Å². The summed E-state index contributed by atoms with van der Waals surface area (Å²) >= 11 is 0. The van der Waals surface area contributed by atoms with E-state index in [9.17, 15) is 9.59 Å². The number of nitrogens with one attached hydrogen (secondary N) is 2. The molecule has 0 heterocycles. The van der Waals surface area contributed by atoms with Crippen molar-refractivity contribution in [2.45, 2.75) is 19.5 Å². The Hall–Kier alpha value is -3.13. The van der Waals surface area contributed by atoms with Gasteiger partial charge in [-0.15, -0.1) is 0 Å². The number of carbonyl (C=O) groups is 2. The van der Waals surface area contributed by atoms with E-state index in [0.717, 1.165) is 11.1 Å². The number of hydrogen-bond acceptors (Lipinski definition) is 3.